The van der Waals surface area contributed by atoms with Crippen LogP contribution in [0.15, 0.2) is 60.8 Å². The summed E-state index contributed by atoms with van der Waals surface area (Å²) in [7, 11) is 0. The van der Waals surface area contributed by atoms with Gasteiger partial charge in [-0.05, 0) is 29.5 Å². The van der Waals surface area contributed by atoms with Gasteiger partial charge in [0.25, 0.3) is 5.91 Å². The van der Waals surface area contributed by atoms with Gasteiger partial charge in [0.1, 0.15) is 12.1 Å². The molecule has 3 rings (SSSR count). The first-order valence-corrected chi connectivity index (χ1v) is 11.8. The quantitative estimate of drug-likeness (QED) is 0.186. The summed E-state index contributed by atoms with van der Waals surface area (Å²) in [4.78, 5) is 41.2. The van der Waals surface area contributed by atoms with Crippen LogP contribution in [0.2, 0.25) is 0 Å². The van der Waals surface area contributed by atoms with E-state index in [2.05, 4.69) is 20.9 Å². The van der Waals surface area contributed by atoms with Crippen molar-refractivity contribution in [2.75, 3.05) is 6.54 Å². The molecule has 0 aliphatic carbocycles. The van der Waals surface area contributed by atoms with E-state index in [-0.39, 0.29) is 12.3 Å². The molecule has 0 radical (unpaired) electrons. The molecule has 4 amide bonds. The van der Waals surface area contributed by atoms with Gasteiger partial charge < -0.3 is 20.9 Å². The maximum atomic E-state index is 13.2. The topological polar surface area (TPSA) is 135 Å². The molecule has 2 aromatic carbocycles. The summed E-state index contributed by atoms with van der Waals surface area (Å²) in [5.74, 6) is -1.41. The fourth-order valence-corrected chi connectivity index (χ4v) is 3.93. The minimum Gasteiger partial charge on any atom is -0.361 e. The summed E-state index contributed by atoms with van der Waals surface area (Å²) in [6.45, 7) is 4.19. The van der Waals surface area contributed by atoms with Crippen LogP contribution in [0.5, 0.6) is 0 Å². The Hall–Kier alpha value is -3.85. The van der Waals surface area contributed by atoms with Gasteiger partial charge >= 0.3 is 6.03 Å². The van der Waals surface area contributed by atoms with E-state index in [0.29, 0.717) is 19.4 Å². The zero-order chi connectivity index (χ0) is 25.2. The van der Waals surface area contributed by atoms with Gasteiger partial charge in [0, 0.05) is 30.1 Å². The minimum absolute atomic E-state index is 0.165. The Balaban J connectivity index is 1.65. The van der Waals surface area contributed by atoms with Crippen LogP contribution in [0.1, 0.15) is 31.4 Å². The number of H-pyrrole nitrogens is 1. The summed E-state index contributed by atoms with van der Waals surface area (Å²) in [6.07, 6.45) is 3.25. The molecule has 35 heavy (non-hydrogen) atoms. The predicted molar refractivity (Wildman–Crippen MR) is 134 cm³/mol. The van der Waals surface area contributed by atoms with Crippen molar-refractivity contribution in [1.82, 2.24) is 26.4 Å². The van der Waals surface area contributed by atoms with Gasteiger partial charge in [-0.1, -0.05) is 68.8 Å². The number of hydroxylamine groups is 1. The van der Waals surface area contributed by atoms with Gasteiger partial charge in [-0.25, -0.2) is 10.3 Å². The van der Waals surface area contributed by atoms with E-state index in [1.54, 1.807) is 11.7 Å². The van der Waals surface area contributed by atoms with E-state index in [1.807, 2.05) is 68.4 Å². The first kappa shape index (κ1) is 25.8. The zero-order valence-electron chi connectivity index (χ0n) is 20.0. The molecule has 0 fully saturated rings. The molecule has 9 nitrogen and oxygen atoms in total. The average Bonchev–Trinajstić information content (AvgIpc) is 3.29. The van der Waals surface area contributed by atoms with E-state index in [4.69, 9.17) is 0 Å². The molecule has 0 saturated heterocycles. The molecule has 0 unspecified atom stereocenters. The lowest BCUT2D eigenvalue weighted by atomic mass is 9.97. The Labute approximate surface area is 204 Å². The van der Waals surface area contributed by atoms with Crippen molar-refractivity contribution in [3.8, 4) is 0 Å². The third-order valence-corrected chi connectivity index (χ3v) is 6.17. The highest BCUT2D eigenvalue weighted by atomic mass is 16.5. The second-order valence-corrected chi connectivity index (χ2v) is 8.60. The molecule has 0 spiro atoms. The lowest BCUT2D eigenvalue weighted by Crippen LogP contribution is -2.57. The van der Waals surface area contributed by atoms with Gasteiger partial charge in [-0.15, -0.1) is 0 Å². The van der Waals surface area contributed by atoms with E-state index in [0.717, 1.165) is 22.0 Å². The van der Waals surface area contributed by atoms with E-state index >= 15 is 0 Å². The third kappa shape index (κ3) is 7.07. The number of nitrogens with one attached hydrogen (secondary N) is 5. The monoisotopic (exact) mass is 479 g/mol. The molecule has 6 N–H and O–H groups in total. The van der Waals surface area contributed by atoms with Crippen LogP contribution in [0.4, 0.5) is 4.79 Å². The summed E-state index contributed by atoms with van der Waals surface area (Å²) in [5.41, 5.74) is 4.46. The summed E-state index contributed by atoms with van der Waals surface area (Å²) < 4.78 is 0. The second-order valence-electron chi connectivity index (χ2n) is 8.60. The Morgan fingerprint density at radius 3 is 2.40 bits per heavy atom. The molecular weight excluding hydrogens is 446 g/mol. The van der Waals surface area contributed by atoms with Crippen molar-refractivity contribution < 1.29 is 19.6 Å². The van der Waals surface area contributed by atoms with Crippen molar-refractivity contribution in [2.24, 2.45) is 5.92 Å². The van der Waals surface area contributed by atoms with Gasteiger partial charge in [0.15, 0.2) is 0 Å². The van der Waals surface area contributed by atoms with Crippen LogP contribution >= 0.6 is 0 Å². The first-order chi connectivity index (χ1) is 16.9. The Bertz CT molecular complexity index is 1130. The average molecular weight is 480 g/mol. The van der Waals surface area contributed by atoms with Crippen LogP contribution in [-0.4, -0.2) is 46.7 Å². The summed E-state index contributed by atoms with van der Waals surface area (Å²) >= 11 is 0. The SMILES string of the molecule is CC[C@H](C)[C@H](NC(=O)NCCc1ccccc1)C(=O)N[C@@H](Cc1c[nH]c2ccccc12)C(=O)NO. The number of carbonyl (C=O) groups excluding carboxylic acids is 3. The Morgan fingerprint density at radius 1 is 0.971 bits per heavy atom. The fraction of sp³-hybridized carbons (Fsp3) is 0.346. The molecule has 1 heterocycles. The van der Waals surface area contributed by atoms with Crippen molar-refractivity contribution in [1.29, 1.82) is 0 Å². The molecule has 0 aliphatic heterocycles. The van der Waals surface area contributed by atoms with Crippen molar-refractivity contribution in [3.63, 3.8) is 0 Å². The van der Waals surface area contributed by atoms with Crippen molar-refractivity contribution in [2.45, 2.75) is 45.2 Å². The largest absolute Gasteiger partial charge is 0.361 e. The first-order valence-electron chi connectivity index (χ1n) is 11.8. The maximum Gasteiger partial charge on any atom is 0.315 e. The molecule has 3 aromatic rings. The van der Waals surface area contributed by atoms with Crippen LogP contribution in [0.3, 0.4) is 0 Å². The van der Waals surface area contributed by atoms with E-state index in [9.17, 15) is 19.6 Å². The molecule has 0 saturated carbocycles. The van der Waals surface area contributed by atoms with Crippen LogP contribution < -0.4 is 21.4 Å². The highest BCUT2D eigenvalue weighted by molar-refractivity contribution is 5.92. The number of aromatic nitrogens is 1. The number of para-hydroxylation sites is 1. The smallest absolute Gasteiger partial charge is 0.315 e. The number of rotatable bonds is 11. The lowest BCUT2D eigenvalue weighted by molar-refractivity contribution is -0.135. The predicted octanol–water partition coefficient (Wildman–Crippen LogP) is 2.66. The standard InChI is InChI=1S/C26H33N5O4/c1-3-17(2)23(30-26(34)27-14-13-18-9-5-4-6-10-18)25(33)29-22(24(32)31-35)15-19-16-28-21-12-8-7-11-20(19)21/h4-12,16-17,22-23,28,35H,3,13-15H2,1-2H3,(H,29,33)(H,31,32)(H2,27,30,34)/t17-,22-,23-/m0/s1. The normalized spacial score (nSPS) is 13.5. The van der Waals surface area contributed by atoms with Gasteiger partial charge in [0.2, 0.25) is 5.91 Å². The fourth-order valence-electron chi connectivity index (χ4n) is 3.93. The maximum absolute atomic E-state index is 13.2. The number of hydrogen-bond donors (Lipinski definition) is 6. The van der Waals surface area contributed by atoms with E-state index in [1.165, 1.54) is 0 Å². The van der Waals surface area contributed by atoms with Gasteiger partial charge in [-0.3, -0.25) is 14.8 Å². The molecule has 1 aromatic heterocycles. The number of aromatic amines is 1. The van der Waals surface area contributed by atoms with Crippen LogP contribution in [0.25, 0.3) is 10.9 Å². The number of fused-ring (bicyclic) bond motifs is 1. The van der Waals surface area contributed by atoms with Gasteiger partial charge in [0.05, 0.1) is 0 Å². The Morgan fingerprint density at radius 2 is 1.69 bits per heavy atom. The number of benzene rings is 2. The number of carbonyl (C=O) groups is 3. The highest BCUT2D eigenvalue weighted by Crippen LogP contribution is 2.19. The Kier molecular flexibility index (Phi) is 9.25. The van der Waals surface area contributed by atoms with Crippen LogP contribution in [-0.2, 0) is 22.4 Å². The molecular formula is C26H33N5O4. The highest BCUT2D eigenvalue weighted by Gasteiger charge is 2.30. The number of amides is 4. The lowest BCUT2D eigenvalue weighted by Gasteiger charge is -2.26. The molecule has 3 atom stereocenters. The zero-order valence-corrected chi connectivity index (χ0v) is 20.0. The number of hydrogen-bond acceptors (Lipinski definition) is 4. The molecule has 0 aliphatic rings. The van der Waals surface area contributed by atoms with E-state index < -0.39 is 29.9 Å². The molecule has 186 valence electrons. The van der Waals surface area contributed by atoms with Gasteiger partial charge in [-0.2, -0.15) is 0 Å². The van der Waals surface area contributed by atoms with Crippen molar-refractivity contribution in [3.05, 3.63) is 71.9 Å². The van der Waals surface area contributed by atoms with Crippen LogP contribution in [0, 0.1) is 5.92 Å². The minimum atomic E-state index is -1.03. The molecule has 0 bridgehead atoms. The summed E-state index contributed by atoms with van der Waals surface area (Å²) in [5, 5.41) is 18.4. The number of urea groups is 1. The molecule has 9 heteroatoms. The third-order valence-electron chi connectivity index (χ3n) is 6.17. The van der Waals surface area contributed by atoms with Crippen molar-refractivity contribution >= 4 is 28.7 Å². The summed E-state index contributed by atoms with van der Waals surface area (Å²) in [6, 6.07) is 15.1. The second kappa shape index (κ2) is 12.6.